The van der Waals surface area contributed by atoms with Crippen LogP contribution in [-0.4, -0.2) is 12.5 Å². The Balaban J connectivity index is 2.55. The monoisotopic (exact) mass is 217 g/mol. The predicted molar refractivity (Wildman–Crippen MR) is 61.4 cm³/mol. The van der Waals surface area contributed by atoms with Gasteiger partial charge in [0.25, 0.3) is 0 Å². The fraction of sp³-hybridized carbons (Fsp3) is 0.333. The Kier molecular flexibility index (Phi) is 4.49. The van der Waals surface area contributed by atoms with Crippen LogP contribution in [0.3, 0.4) is 0 Å². The highest BCUT2D eigenvalue weighted by atomic mass is 16.1. The zero-order valence-corrected chi connectivity index (χ0v) is 9.23. The van der Waals surface area contributed by atoms with Crippen LogP contribution >= 0.6 is 0 Å². The molecule has 84 valence electrons. The Morgan fingerprint density at radius 3 is 3.00 bits per heavy atom. The number of hydrogen-bond donors (Lipinski definition) is 2. The average molecular weight is 217 g/mol. The van der Waals surface area contributed by atoms with Gasteiger partial charge in [-0.2, -0.15) is 5.26 Å². The maximum Gasteiger partial charge on any atom is 0.218 e. The van der Waals surface area contributed by atoms with E-state index in [4.69, 9.17) is 11.0 Å². The summed E-state index contributed by atoms with van der Waals surface area (Å²) in [5.74, 6) is -0.314. The quantitative estimate of drug-likeness (QED) is 0.774. The lowest BCUT2D eigenvalue weighted by atomic mass is 10.1. The summed E-state index contributed by atoms with van der Waals surface area (Å²) >= 11 is 0. The van der Waals surface area contributed by atoms with Crippen molar-refractivity contribution in [3.63, 3.8) is 0 Å². The van der Waals surface area contributed by atoms with Crippen molar-refractivity contribution in [1.82, 2.24) is 5.32 Å². The van der Waals surface area contributed by atoms with Gasteiger partial charge < -0.3 is 11.1 Å². The van der Waals surface area contributed by atoms with Gasteiger partial charge in [0.05, 0.1) is 11.6 Å². The van der Waals surface area contributed by atoms with Crippen molar-refractivity contribution in [3.8, 4) is 6.07 Å². The smallest absolute Gasteiger partial charge is 0.218 e. The van der Waals surface area contributed by atoms with Crippen molar-refractivity contribution < 1.29 is 4.79 Å². The molecule has 1 aromatic rings. The van der Waals surface area contributed by atoms with Crippen LogP contribution < -0.4 is 11.1 Å². The molecule has 1 atom stereocenters. The Hall–Kier alpha value is -1.86. The van der Waals surface area contributed by atoms with Crippen LogP contribution in [0, 0.1) is 11.3 Å². The van der Waals surface area contributed by atoms with Crippen LogP contribution in [0.15, 0.2) is 24.3 Å². The summed E-state index contributed by atoms with van der Waals surface area (Å²) in [5, 5.41) is 11.9. The first-order valence-electron chi connectivity index (χ1n) is 5.15. The first kappa shape index (κ1) is 12.2. The second-order valence-electron chi connectivity index (χ2n) is 3.63. The number of primary amides is 1. The Morgan fingerprint density at radius 2 is 2.38 bits per heavy atom. The highest BCUT2D eigenvalue weighted by Gasteiger charge is 2.05. The standard InChI is InChI=1S/C12H15N3O/c1-9(15-6-5-12(14)16)11-4-2-3-10(7-11)8-13/h2-4,7,9,15H,5-6H2,1H3,(H2,14,16). The van der Waals surface area contributed by atoms with Gasteiger partial charge in [0.1, 0.15) is 0 Å². The van der Waals surface area contributed by atoms with E-state index in [-0.39, 0.29) is 11.9 Å². The van der Waals surface area contributed by atoms with Crippen LogP contribution in [0.1, 0.15) is 30.5 Å². The molecule has 0 aliphatic heterocycles. The number of nitrogens with one attached hydrogen (secondary N) is 1. The number of nitrogens with two attached hydrogens (primary N) is 1. The van der Waals surface area contributed by atoms with Crippen molar-refractivity contribution >= 4 is 5.91 Å². The Labute approximate surface area is 95.1 Å². The van der Waals surface area contributed by atoms with Crippen LogP contribution in [0.5, 0.6) is 0 Å². The topological polar surface area (TPSA) is 78.9 Å². The SMILES string of the molecule is CC(NCCC(N)=O)c1cccc(C#N)c1. The third-order valence-corrected chi connectivity index (χ3v) is 2.34. The van der Waals surface area contributed by atoms with E-state index in [1.165, 1.54) is 0 Å². The first-order valence-corrected chi connectivity index (χ1v) is 5.15. The molecule has 0 aliphatic carbocycles. The van der Waals surface area contributed by atoms with E-state index in [9.17, 15) is 4.79 Å². The predicted octanol–water partition coefficient (Wildman–Crippen LogP) is 1.08. The van der Waals surface area contributed by atoms with Crippen molar-refractivity contribution in [3.05, 3.63) is 35.4 Å². The van der Waals surface area contributed by atoms with E-state index in [0.717, 1.165) is 5.56 Å². The average Bonchev–Trinajstić information content (AvgIpc) is 2.28. The molecule has 1 unspecified atom stereocenters. The molecule has 1 amide bonds. The molecule has 0 aromatic heterocycles. The van der Waals surface area contributed by atoms with E-state index in [2.05, 4.69) is 11.4 Å². The molecule has 0 fully saturated rings. The number of nitriles is 1. The first-order chi connectivity index (χ1) is 7.63. The summed E-state index contributed by atoms with van der Waals surface area (Å²) < 4.78 is 0. The highest BCUT2D eigenvalue weighted by molar-refractivity contribution is 5.73. The van der Waals surface area contributed by atoms with Gasteiger partial charge in [0.2, 0.25) is 5.91 Å². The van der Waals surface area contributed by atoms with Crippen LogP contribution in [0.25, 0.3) is 0 Å². The summed E-state index contributed by atoms with van der Waals surface area (Å²) in [7, 11) is 0. The summed E-state index contributed by atoms with van der Waals surface area (Å²) in [6.45, 7) is 2.53. The zero-order valence-electron chi connectivity index (χ0n) is 9.23. The largest absolute Gasteiger partial charge is 0.370 e. The maximum absolute atomic E-state index is 10.6. The van der Waals surface area contributed by atoms with Gasteiger partial charge in [-0.15, -0.1) is 0 Å². The molecule has 0 aliphatic rings. The molecule has 1 rings (SSSR count). The lowest BCUT2D eigenvalue weighted by Gasteiger charge is -2.13. The van der Waals surface area contributed by atoms with Gasteiger partial charge in [-0.1, -0.05) is 12.1 Å². The number of carbonyl (C=O) groups is 1. The molecule has 4 nitrogen and oxygen atoms in total. The molecule has 1 aromatic carbocycles. The van der Waals surface area contributed by atoms with E-state index in [1.807, 2.05) is 25.1 Å². The van der Waals surface area contributed by atoms with Crippen LogP contribution in [0.4, 0.5) is 0 Å². The van der Waals surface area contributed by atoms with Crippen molar-refractivity contribution in [2.45, 2.75) is 19.4 Å². The Bertz CT molecular complexity index is 409. The van der Waals surface area contributed by atoms with Crippen molar-refractivity contribution in [1.29, 1.82) is 5.26 Å². The lowest BCUT2D eigenvalue weighted by Crippen LogP contribution is -2.24. The fourth-order valence-corrected chi connectivity index (χ4v) is 1.41. The molecule has 4 heteroatoms. The number of benzene rings is 1. The molecular weight excluding hydrogens is 202 g/mol. The molecule has 0 spiro atoms. The number of rotatable bonds is 5. The number of carbonyl (C=O) groups excluding carboxylic acids is 1. The number of amides is 1. The summed E-state index contributed by atoms with van der Waals surface area (Å²) in [4.78, 5) is 10.6. The van der Waals surface area contributed by atoms with Gasteiger partial charge in [0.15, 0.2) is 0 Å². The minimum Gasteiger partial charge on any atom is -0.370 e. The highest BCUT2D eigenvalue weighted by Crippen LogP contribution is 2.13. The minimum absolute atomic E-state index is 0.104. The van der Waals surface area contributed by atoms with Crippen LogP contribution in [0.2, 0.25) is 0 Å². The fourth-order valence-electron chi connectivity index (χ4n) is 1.41. The van der Waals surface area contributed by atoms with Crippen molar-refractivity contribution in [2.24, 2.45) is 5.73 Å². The van der Waals surface area contributed by atoms with E-state index in [1.54, 1.807) is 6.07 Å². The van der Waals surface area contributed by atoms with Gasteiger partial charge in [0, 0.05) is 19.0 Å². The van der Waals surface area contributed by atoms with Gasteiger partial charge >= 0.3 is 0 Å². The third kappa shape index (κ3) is 3.71. The number of hydrogen-bond acceptors (Lipinski definition) is 3. The molecule has 0 saturated heterocycles. The zero-order chi connectivity index (χ0) is 12.0. The number of nitrogens with zero attached hydrogens (tertiary/aromatic N) is 1. The van der Waals surface area contributed by atoms with Crippen molar-refractivity contribution in [2.75, 3.05) is 6.54 Å². The lowest BCUT2D eigenvalue weighted by molar-refractivity contribution is -0.117. The van der Waals surface area contributed by atoms with Gasteiger partial charge in [-0.05, 0) is 24.6 Å². The molecule has 16 heavy (non-hydrogen) atoms. The van der Waals surface area contributed by atoms with Gasteiger partial charge in [-0.25, -0.2) is 0 Å². The van der Waals surface area contributed by atoms with Gasteiger partial charge in [-0.3, -0.25) is 4.79 Å². The molecule has 3 N–H and O–H groups in total. The molecule has 0 bridgehead atoms. The Morgan fingerprint density at radius 1 is 1.62 bits per heavy atom. The summed E-state index contributed by atoms with van der Waals surface area (Å²) in [6, 6.07) is 9.59. The van der Waals surface area contributed by atoms with Crippen LogP contribution in [-0.2, 0) is 4.79 Å². The summed E-state index contributed by atoms with van der Waals surface area (Å²) in [5.41, 5.74) is 6.71. The normalized spacial score (nSPS) is 11.8. The molecular formula is C12H15N3O. The second-order valence-corrected chi connectivity index (χ2v) is 3.63. The third-order valence-electron chi connectivity index (χ3n) is 2.34. The molecule has 0 heterocycles. The minimum atomic E-state index is -0.314. The van der Waals surface area contributed by atoms with E-state index >= 15 is 0 Å². The molecule has 0 saturated carbocycles. The second kappa shape index (κ2) is 5.89. The molecule has 0 radical (unpaired) electrons. The van der Waals surface area contributed by atoms with E-state index in [0.29, 0.717) is 18.5 Å². The summed E-state index contributed by atoms with van der Waals surface area (Å²) in [6.07, 6.45) is 0.322. The maximum atomic E-state index is 10.6. The van der Waals surface area contributed by atoms with E-state index < -0.39 is 0 Å².